The molecule has 280 valence electrons. The van der Waals surface area contributed by atoms with Crippen molar-refractivity contribution in [2.75, 3.05) is 48.1 Å². The van der Waals surface area contributed by atoms with E-state index >= 15 is 0 Å². The number of likely N-dealkylation sites (tertiary alicyclic amines) is 1. The molecule has 2 aliphatic rings. The van der Waals surface area contributed by atoms with Crippen LogP contribution in [0.5, 0.6) is 23.0 Å². The highest BCUT2D eigenvalue weighted by atomic mass is 16.5. The van der Waals surface area contributed by atoms with Crippen molar-refractivity contribution in [1.82, 2.24) is 9.88 Å². The van der Waals surface area contributed by atoms with Crippen LogP contribution in [0.15, 0.2) is 66.4 Å². The highest BCUT2D eigenvalue weighted by molar-refractivity contribution is 5.66. The first-order chi connectivity index (χ1) is 24.9. The molecule has 2 heterocycles. The molecule has 51 heavy (non-hydrogen) atoms. The normalized spacial score (nSPS) is 15.3. The van der Waals surface area contributed by atoms with Crippen molar-refractivity contribution >= 4 is 0 Å². The summed E-state index contributed by atoms with van der Waals surface area (Å²) in [5.74, 6) is 3.94. The van der Waals surface area contributed by atoms with Crippen molar-refractivity contribution < 1.29 is 18.9 Å². The van der Waals surface area contributed by atoms with Gasteiger partial charge in [-0.1, -0.05) is 58.8 Å². The van der Waals surface area contributed by atoms with Crippen molar-refractivity contribution in [3.05, 3.63) is 88.7 Å². The summed E-state index contributed by atoms with van der Waals surface area (Å²) in [4.78, 5) is 7.25. The molecule has 1 unspecified atom stereocenters. The summed E-state index contributed by atoms with van der Waals surface area (Å²) in [5.41, 5.74) is 14.6. The van der Waals surface area contributed by atoms with Crippen molar-refractivity contribution in [1.29, 1.82) is 0 Å². The largest absolute Gasteiger partial charge is 0.496 e. The highest BCUT2D eigenvalue weighted by Gasteiger charge is 2.25. The van der Waals surface area contributed by atoms with Crippen LogP contribution in [0, 0.1) is 0 Å². The number of rotatable bonds is 15. The molecule has 0 amide bonds. The van der Waals surface area contributed by atoms with Crippen molar-refractivity contribution in [3.8, 4) is 34.3 Å². The van der Waals surface area contributed by atoms with E-state index in [0.29, 0.717) is 29.7 Å². The van der Waals surface area contributed by atoms with Crippen molar-refractivity contribution in [3.63, 3.8) is 0 Å². The summed E-state index contributed by atoms with van der Waals surface area (Å²) in [7, 11) is 6.67. The molecule has 1 aliphatic carbocycles. The van der Waals surface area contributed by atoms with E-state index in [4.69, 9.17) is 29.7 Å². The molecule has 1 aromatic heterocycles. The molecule has 1 aliphatic heterocycles. The first-order valence-electron chi connectivity index (χ1n) is 19.1. The van der Waals surface area contributed by atoms with Gasteiger partial charge < -0.3 is 24.7 Å². The number of benzene rings is 2. The summed E-state index contributed by atoms with van der Waals surface area (Å²) in [6.45, 7) is 14.4. The Morgan fingerprint density at radius 2 is 1.57 bits per heavy atom. The van der Waals surface area contributed by atoms with Crippen LogP contribution < -0.4 is 24.7 Å². The lowest BCUT2D eigenvalue weighted by Gasteiger charge is -2.29. The molecule has 2 N–H and O–H groups in total. The molecular weight excluding hydrogens is 635 g/mol. The highest BCUT2D eigenvalue weighted by Crippen LogP contribution is 2.43. The number of aromatic nitrogens is 1. The second kappa shape index (κ2) is 22.2. The number of nitrogens with zero attached hydrogens (tertiary/aromatic N) is 2. The van der Waals surface area contributed by atoms with E-state index in [-0.39, 0.29) is 5.92 Å². The van der Waals surface area contributed by atoms with Crippen molar-refractivity contribution in [2.24, 2.45) is 5.73 Å². The second-order valence-electron chi connectivity index (χ2n) is 13.1. The zero-order valence-corrected chi connectivity index (χ0v) is 33.0. The second-order valence-corrected chi connectivity index (χ2v) is 13.1. The molecule has 3 aromatic rings. The first kappa shape index (κ1) is 41.6. The standard InChI is InChI=1S/C24H32N2O.C18H27NO3.C2H6/c1-3-7-21-22(19-8-6-9-19)15-20(16-24(21)27-2)23-14-18(10-11-25-23)17-26-12-4-5-13-26;1-6-8-13(12-19)9-14(7-2)15-10-16(20-3)18(22-5)17(11-15)21-4;1-2/h10-11,14-16,19H,3-9,12-13,17H2,1-2H3;6,8-11,14H,7,12,19H2,1-5H3;1-2H3/b;8-6-,13-9+;. The number of nitrogens with two attached hydrogens (primary N) is 1. The Hall–Kier alpha value is -3.81. The third-order valence-corrected chi connectivity index (χ3v) is 9.82. The van der Waals surface area contributed by atoms with Gasteiger partial charge in [-0.05, 0) is 129 Å². The molecule has 0 bridgehead atoms. The molecule has 0 spiro atoms. The minimum atomic E-state index is 0.239. The smallest absolute Gasteiger partial charge is 0.203 e. The van der Waals surface area contributed by atoms with E-state index in [1.54, 1.807) is 28.4 Å². The van der Waals surface area contributed by atoms with Gasteiger partial charge in [0.05, 0.1) is 34.1 Å². The molecule has 1 saturated carbocycles. The van der Waals surface area contributed by atoms with Gasteiger partial charge in [-0.25, -0.2) is 0 Å². The summed E-state index contributed by atoms with van der Waals surface area (Å²) < 4.78 is 22.0. The van der Waals surface area contributed by atoms with E-state index in [9.17, 15) is 0 Å². The fraction of sp³-hybridized carbons (Fsp3) is 0.523. The van der Waals surface area contributed by atoms with Gasteiger partial charge in [-0.3, -0.25) is 9.88 Å². The zero-order chi connectivity index (χ0) is 37.2. The summed E-state index contributed by atoms with van der Waals surface area (Å²) >= 11 is 0. The maximum absolute atomic E-state index is 5.82. The topological polar surface area (TPSA) is 79.1 Å². The SMILES string of the molecule is C/C=C\C(=C/C(CC)c1cc(OC)c(OC)c(OC)c1)CN.CC.CCCc1c(OC)cc(-c2cc(CN3CCCC3)ccn2)cc1C1CCC1. The average Bonchev–Trinajstić information content (AvgIpc) is 3.66. The van der Waals surface area contributed by atoms with Gasteiger partial charge in [0.2, 0.25) is 5.75 Å². The number of methoxy groups -OCH3 is 4. The van der Waals surface area contributed by atoms with Gasteiger partial charge in [-0.2, -0.15) is 0 Å². The summed E-state index contributed by atoms with van der Waals surface area (Å²) in [6.07, 6.45) is 18.1. The monoisotopic (exact) mass is 699 g/mol. The molecule has 2 fully saturated rings. The molecule has 5 rings (SSSR count). The third kappa shape index (κ3) is 11.3. The Labute approximate surface area is 309 Å². The van der Waals surface area contributed by atoms with Crippen LogP contribution in [-0.4, -0.2) is 58.0 Å². The number of pyridine rings is 1. The van der Waals surface area contributed by atoms with E-state index in [2.05, 4.69) is 49.1 Å². The lowest BCUT2D eigenvalue weighted by atomic mass is 9.76. The van der Waals surface area contributed by atoms with E-state index in [1.165, 1.54) is 67.4 Å². The predicted octanol–water partition coefficient (Wildman–Crippen LogP) is 10.3. The van der Waals surface area contributed by atoms with Crippen LogP contribution in [-0.2, 0) is 13.0 Å². The van der Waals surface area contributed by atoms with Crippen LogP contribution in [0.4, 0.5) is 0 Å². The van der Waals surface area contributed by atoms with Gasteiger partial charge in [0.1, 0.15) is 5.75 Å². The van der Waals surface area contributed by atoms with E-state index in [1.807, 2.05) is 51.3 Å². The van der Waals surface area contributed by atoms with E-state index < -0.39 is 0 Å². The summed E-state index contributed by atoms with van der Waals surface area (Å²) in [5, 5.41) is 0. The summed E-state index contributed by atoms with van der Waals surface area (Å²) in [6, 6.07) is 13.0. The molecular formula is C44H65N3O4. The Morgan fingerprint density at radius 3 is 2.08 bits per heavy atom. The Balaban J connectivity index is 0.000000269. The van der Waals surface area contributed by atoms with Gasteiger partial charge in [0, 0.05) is 30.8 Å². The van der Waals surface area contributed by atoms with Crippen LogP contribution in [0.1, 0.15) is 114 Å². The molecule has 2 aromatic carbocycles. The third-order valence-electron chi connectivity index (χ3n) is 9.82. The van der Waals surface area contributed by atoms with Crippen LogP contribution in [0.2, 0.25) is 0 Å². The number of hydrogen-bond acceptors (Lipinski definition) is 7. The quantitative estimate of drug-likeness (QED) is 0.158. The van der Waals surface area contributed by atoms with Crippen molar-refractivity contribution in [2.45, 2.75) is 104 Å². The Morgan fingerprint density at radius 1 is 0.902 bits per heavy atom. The van der Waals surface area contributed by atoms with Gasteiger partial charge in [-0.15, -0.1) is 0 Å². The maximum atomic E-state index is 5.82. The molecule has 1 atom stereocenters. The average molecular weight is 700 g/mol. The van der Waals surface area contributed by atoms with E-state index in [0.717, 1.165) is 48.4 Å². The first-order valence-corrected chi connectivity index (χ1v) is 19.1. The molecule has 7 heteroatoms. The minimum absolute atomic E-state index is 0.239. The van der Waals surface area contributed by atoms with Gasteiger partial charge in [0.25, 0.3) is 0 Å². The Bertz CT molecular complexity index is 1510. The maximum Gasteiger partial charge on any atom is 0.203 e. The zero-order valence-electron chi connectivity index (χ0n) is 33.0. The fourth-order valence-electron chi connectivity index (χ4n) is 6.96. The number of hydrogen-bond donors (Lipinski definition) is 1. The lowest BCUT2D eigenvalue weighted by Crippen LogP contribution is -2.18. The van der Waals surface area contributed by atoms with Gasteiger partial charge in [0.15, 0.2) is 11.5 Å². The number of allylic oxidation sites excluding steroid dienone is 2. The predicted molar refractivity (Wildman–Crippen MR) is 214 cm³/mol. The minimum Gasteiger partial charge on any atom is -0.496 e. The lowest BCUT2D eigenvalue weighted by molar-refractivity contribution is 0.323. The van der Waals surface area contributed by atoms with Crippen LogP contribution in [0.3, 0.4) is 0 Å². The number of ether oxygens (including phenoxy) is 4. The Kier molecular flexibility index (Phi) is 18.1. The molecule has 1 saturated heterocycles. The molecule has 0 radical (unpaired) electrons. The fourth-order valence-corrected chi connectivity index (χ4v) is 6.96. The molecule has 7 nitrogen and oxygen atoms in total. The van der Waals surface area contributed by atoms with Crippen LogP contribution in [0.25, 0.3) is 11.3 Å². The van der Waals surface area contributed by atoms with Gasteiger partial charge >= 0.3 is 0 Å². The van der Waals surface area contributed by atoms with Crippen LogP contribution >= 0.6 is 0 Å².